The van der Waals surface area contributed by atoms with Crippen molar-refractivity contribution in [3.63, 3.8) is 0 Å². The maximum Gasteiger partial charge on any atom is 0.270 e. The van der Waals surface area contributed by atoms with E-state index in [1.165, 1.54) is 17.0 Å². The molecule has 0 spiro atoms. The van der Waals surface area contributed by atoms with E-state index in [1.54, 1.807) is 43.5 Å². The first-order chi connectivity index (χ1) is 12.4. The molecule has 0 unspecified atom stereocenters. The zero-order chi connectivity index (χ0) is 18.8. The van der Waals surface area contributed by atoms with Crippen LogP contribution >= 0.6 is 35.4 Å². The van der Waals surface area contributed by atoms with Crippen LogP contribution in [0.2, 0.25) is 10.0 Å². The topological polar surface area (TPSA) is 58.6 Å². The van der Waals surface area contributed by atoms with Crippen LogP contribution in [0.4, 0.5) is 5.69 Å². The van der Waals surface area contributed by atoms with Crippen molar-refractivity contribution in [3.8, 4) is 5.75 Å². The highest BCUT2D eigenvalue weighted by atomic mass is 35.5. The number of hydrogen-bond donors (Lipinski definition) is 1. The lowest BCUT2D eigenvalue weighted by Gasteiger charge is -2.29. The molecule has 0 saturated carbocycles. The van der Waals surface area contributed by atoms with Gasteiger partial charge in [0.25, 0.3) is 11.8 Å². The SMILES string of the molecule is COc1ccc(C=C2C(=O)NC(=S)N(c3ccc(Cl)cc3Cl)C2=O)cc1. The minimum absolute atomic E-state index is 0.0453. The van der Waals surface area contributed by atoms with E-state index in [0.29, 0.717) is 22.0 Å². The molecule has 0 radical (unpaired) electrons. The lowest BCUT2D eigenvalue weighted by molar-refractivity contribution is -0.122. The van der Waals surface area contributed by atoms with Gasteiger partial charge in [-0.3, -0.25) is 19.8 Å². The summed E-state index contributed by atoms with van der Waals surface area (Å²) in [5, 5.41) is 3.13. The highest BCUT2D eigenvalue weighted by Gasteiger charge is 2.35. The molecule has 1 N–H and O–H groups in total. The van der Waals surface area contributed by atoms with E-state index < -0.39 is 11.8 Å². The number of benzene rings is 2. The molecule has 1 saturated heterocycles. The number of carbonyl (C=O) groups excluding carboxylic acids is 2. The van der Waals surface area contributed by atoms with Crippen LogP contribution < -0.4 is 15.0 Å². The van der Waals surface area contributed by atoms with Gasteiger partial charge in [0.2, 0.25) is 0 Å². The summed E-state index contributed by atoms with van der Waals surface area (Å²) in [4.78, 5) is 26.3. The number of ether oxygens (including phenoxy) is 1. The average Bonchev–Trinajstić information content (AvgIpc) is 2.61. The first kappa shape index (κ1) is 18.4. The van der Waals surface area contributed by atoms with Crippen LogP contribution in [0.3, 0.4) is 0 Å². The predicted molar refractivity (Wildman–Crippen MR) is 106 cm³/mol. The Labute approximate surface area is 165 Å². The van der Waals surface area contributed by atoms with E-state index in [-0.39, 0.29) is 15.7 Å². The van der Waals surface area contributed by atoms with Gasteiger partial charge in [0, 0.05) is 5.02 Å². The fourth-order valence-corrected chi connectivity index (χ4v) is 3.17. The Morgan fingerprint density at radius 3 is 2.42 bits per heavy atom. The van der Waals surface area contributed by atoms with Crippen molar-refractivity contribution in [2.45, 2.75) is 0 Å². The summed E-state index contributed by atoms with van der Waals surface area (Å²) in [6, 6.07) is 11.6. The van der Waals surface area contributed by atoms with E-state index >= 15 is 0 Å². The summed E-state index contributed by atoms with van der Waals surface area (Å²) in [6.45, 7) is 0. The summed E-state index contributed by atoms with van der Waals surface area (Å²) in [6.07, 6.45) is 1.48. The van der Waals surface area contributed by atoms with E-state index in [0.717, 1.165) is 0 Å². The van der Waals surface area contributed by atoms with E-state index in [9.17, 15) is 9.59 Å². The Balaban J connectivity index is 2.01. The summed E-state index contributed by atoms with van der Waals surface area (Å²) in [5.74, 6) is -0.474. The molecular weight excluding hydrogens is 395 g/mol. The van der Waals surface area contributed by atoms with Crippen molar-refractivity contribution in [2.75, 3.05) is 12.0 Å². The van der Waals surface area contributed by atoms with Gasteiger partial charge in [0.15, 0.2) is 5.11 Å². The lowest BCUT2D eigenvalue weighted by Crippen LogP contribution is -2.54. The van der Waals surface area contributed by atoms with Crippen LogP contribution in [0.1, 0.15) is 5.56 Å². The number of nitrogens with zero attached hydrogens (tertiary/aromatic N) is 1. The first-order valence-electron chi connectivity index (χ1n) is 7.41. The Hall–Kier alpha value is -2.41. The van der Waals surface area contributed by atoms with E-state index in [4.69, 9.17) is 40.2 Å². The average molecular weight is 407 g/mol. The quantitative estimate of drug-likeness (QED) is 0.477. The van der Waals surface area contributed by atoms with Gasteiger partial charge < -0.3 is 4.74 Å². The number of rotatable bonds is 3. The van der Waals surface area contributed by atoms with Crippen LogP contribution in [0.25, 0.3) is 6.08 Å². The van der Waals surface area contributed by atoms with Gasteiger partial charge in [0.05, 0.1) is 17.8 Å². The highest BCUT2D eigenvalue weighted by molar-refractivity contribution is 7.80. The first-order valence-corrected chi connectivity index (χ1v) is 8.57. The standard InChI is InChI=1S/C18H12Cl2N2O3S/c1-25-12-5-2-10(3-6-12)8-13-16(23)21-18(26)22(17(13)24)15-7-4-11(19)9-14(15)20/h2-9H,1H3,(H,21,23,26). The molecule has 2 aromatic carbocycles. The number of thiocarbonyl (C=S) groups is 1. The van der Waals surface area contributed by atoms with Crippen LogP contribution in [-0.2, 0) is 9.59 Å². The van der Waals surface area contributed by atoms with Gasteiger partial charge in [0.1, 0.15) is 11.3 Å². The monoisotopic (exact) mass is 406 g/mol. The molecule has 132 valence electrons. The number of halogens is 2. The van der Waals surface area contributed by atoms with Crippen molar-refractivity contribution in [3.05, 3.63) is 63.6 Å². The molecule has 1 aliphatic heterocycles. The minimum Gasteiger partial charge on any atom is -0.497 e. The third-order valence-corrected chi connectivity index (χ3v) is 4.50. The zero-order valence-corrected chi connectivity index (χ0v) is 15.8. The van der Waals surface area contributed by atoms with Crippen LogP contribution in [0.15, 0.2) is 48.0 Å². The molecule has 0 atom stereocenters. The molecule has 5 nitrogen and oxygen atoms in total. The van der Waals surface area contributed by atoms with E-state index in [2.05, 4.69) is 5.32 Å². The summed E-state index contributed by atoms with van der Waals surface area (Å²) >= 11 is 17.2. The van der Waals surface area contributed by atoms with Crippen molar-refractivity contribution >= 4 is 64.1 Å². The lowest BCUT2D eigenvalue weighted by atomic mass is 10.1. The Morgan fingerprint density at radius 1 is 1.12 bits per heavy atom. The van der Waals surface area contributed by atoms with Gasteiger partial charge in [-0.1, -0.05) is 35.3 Å². The number of hydrogen-bond acceptors (Lipinski definition) is 4. The second-order valence-electron chi connectivity index (χ2n) is 5.33. The van der Waals surface area contributed by atoms with E-state index in [1.807, 2.05) is 0 Å². The smallest absolute Gasteiger partial charge is 0.270 e. The van der Waals surface area contributed by atoms with Gasteiger partial charge >= 0.3 is 0 Å². The minimum atomic E-state index is -0.572. The molecule has 0 aromatic heterocycles. The third kappa shape index (κ3) is 3.58. The van der Waals surface area contributed by atoms with Gasteiger partial charge in [-0.05, 0) is 54.2 Å². The van der Waals surface area contributed by atoms with Crippen molar-refractivity contribution in [2.24, 2.45) is 0 Å². The fraction of sp³-hybridized carbons (Fsp3) is 0.0556. The number of anilines is 1. The molecule has 2 amide bonds. The highest BCUT2D eigenvalue weighted by Crippen LogP contribution is 2.31. The zero-order valence-electron chi connectivity index (χ0n) is 13.5. The van der Waals surface area contributed by atoms with Crippen LogP contribution in [0.5, 0.6) is 5.75 Å². The van der Waals surface area contributed by atoms with Crippen molar-refractivity contribution in [1.82, 2.24) is 5.32 Å². The normalized spacial score (nSPS) is 16.0. The third-order valence-electron chi connectivity index (χ3n) is 3.68. The number of carbonyl (C=O) groups is 2. The van der Waals surface area contributed by atoms with Crippen molar-refractivity contribution < 1.29 is 14.3 Å². The van der Waals surface area contributed by atoms with Gasteiger partial charge in [-0.25, -0.2) is 0 Å². The summed E-state index contributed by atoms with van der Waals surface area (Å²) in [5.41, 5.74) is 0.945. The van der Waals surface area contributed by atoms with Crippen molar-refractivity contribution in [1.29, 1.82) is 0 Å². The molecule has 1 fully saturated rings. The van der Waals surface area contributed by atoms with Gasteiger partial charge in [-0.2, -0.15) is 0 Å². The van der Waals surface area contributed by atoms with Crippen LogP contribution in [0, 0.1) is 0 Å². The number of nitrogens with one attached hydrogen (secondary N) is 1. The second kappa shape index (κ2) is 7.45. The molecule has 26 heavy (non-hydrogen) atoms. The molecule has 1 aliphatic rings. The molecule has 0 aliphatic carbocycles. The number of methoxy groups -OCH3 is 1. The Kier molecular flexibility index (Phi) is 5.27. The molecular formula is C18H12Cl2N2O3S. The second-order valence-corrected chi connectivity index (χ2v) is 6.56. The summed E-state index contributed by atoms with van der Waals surface area (Å²) in [7, 11) is 1.56. The summed E-state index contributed by atoms with van der Waals surface area (Å²) < 4.78 is 5.10. The predicted octanol–water partition coefficient (Wildman–Crippen LogP) is 3.83. The largest absolute Gasteiger partial charge is 0.497 e. The Morgan fingerprint density at radius 2 is 1.81 bits per heavy atom. The molecule has 2 aromatic rings. The molecule has 1 heterocycles. The van der Waals surface area contributed by atoms with Crippen LogP contribution in [-0.4, -0.2) is 24.0 Å². The maximum absolute atomic E-state index is 12.9. The number of amides is 2. The molecule has 8 heteroatoms. The molecule has 3 rings (SSSR count). The fourth-order valence-electron chi connectivity index (χ4n) is 2.41. The Bertz CT molecular complexity index is 942. The van der Waals surface area contributed by atoms with Gasteiger partial charge in [-0.15, -0.1) is 0 Å². The molecule has 0 bridgehead atoms. The maximum atomic E-state index is 12.9.